The number of halogens is 1. The Hall–Kier alpha value is -1.26. The number of carbonyl (C=O) groups excluding carboxylic acids is 1. The minimum Gasteiger partial charge on any atom is -0.507 e. The summed E-state index contributed by atoms with van der Waals surface area (Å²) < 4.78 is 0. The van der Waals surface area contributed by atoms with Crippen LogP contribution < -0.4 is 5.32 Å². The first kappa shape index (κ1) is 13.2. The molecule has 1 fully saturated rings. The Morgan fingerprint density at radius 2 is 2.17 bits per heavy atom. The van der Waals surface area contributed by atoms with Gasteiger partial charge in [-0.15, -0.1) is 0 Å². The van der Waals surface area contributed by atoms with E-state index in [-0.39, 0.29) is 29.2 Å². The van der Waals surface area contributed by atoms with Gasteiger partial charge in [-0.2, -0.15) is 0 Å². The Morgan fingerprint density at radius 1 is 1.44 bits per heavy atom. The predicted molar refractivity (Wildman–Crippen MR) is 68.8 cm³/mol. The summed E-state index contributed by atoms with van der Waals surface area (Å²) in [4.78, 5) is 11.9. The summed E-state index contributed by atoms with van der Waals surface area (Å²) in [6.45, 7) is 0.663. The van der Waals surface area contributed by atoms with Crippen molar-refractivity contribution in [2.45, 2.75) is 19.3 Å². The summed E-state index contributed by atoms with van der Waals surface area (Å²) in [6.07, 6.45) is 2.75. The van der Waals surface area contributed by atoms with Gasteiger partial charge < -0.3 is 15.5 Å². The summed E-state index contributed by atoms with van der Waals surface area (Å²) in [5.41, 5.74) is 0.237. The third kappa shape index (κ3) is 2.94. The van der Waals surface area contributed by atoms with Crippen molar-refractivity contribution in [1.29, 1.82) is 0 Å². The van der Waals surface area contributed by atoms with Crippen LogP contribution in [0.25, 0.3) is 0 Å². The maximum atomic E-state index is 11.9. The average Bonchev–Trinajstić information content (AvgIpc) is 3.10. The van der Waals surface area contributed by atoms with Crippen LogP contribution in [0, 0.1) is 5.41 Å². The van der Waals surface area contributed by atoms with Crippen LogP contribution in [0.5, 0.6) is 5.75 Å². The second-order valence-electron chi connectivity index (χ2n) is 4.82. The fourth-order valence-electron chi connectivity index (χ4n) is 1.98. The number of benzene rings is 1. The minimum atomic E-state index is -0.334. The van der Waals surface area contributed by atoms with Gasteiger partial charge >= 0.3 is 0 Å². The lowest BCUT2D eigenvalue weighted by atomic mass is 10.0. The van der Waals surface area contributed by atoms with Crippen LogP contribution in [-0.4, -0.2) is 29.3 Å². The zero-order valence-electron chi connectivity index (χ0n) is 9.95. The molecule has 0 bridgehead atoms. The molecule has 1 aliphatic carbocycles. The second kappa shape index (κ2) is 5.16. The molecule has 4 nitrogen and oxygen atoms in total. The number of aliphatic hydroxyl groups excluding tert-OH is 1. The summed E-state index contributed by atoms with van der Waals surface area (Å²) in [7, 11) is 0. The van der Waals surface area contributed by atoms with E-state index in [0.29, 0.717) is 18.0 Å². The van der Waals surface area contributed by atoms with E-state index in [1.807, 2.05) is 0 Å². The van der Waals surface area contributed by atoms with Crippen LogP contribution in [0.1, 0.15) is 29.6 Å². The maximum absolute atomic E-state index is 11.9. The molecule has 0 saturated heterocycles. The highest BCUT2D eigenvalue weighted by molar-refractivity contribution is 6.31. The normalized spacial score (nSPS) is 16.3. The van der Waals surface area contributed by atoms with Crippen LogP contribution in [0.15, 0.2) is 18.2 Å². The van der Waals surface area contributed by atoms with E-state index < -0.39 is 0 Å². The van der Waals surface area contributed by atoms with E-state index in [4.69, 9.17) is 16.7 Å². The third-order valence-electron chi connectivity index (χ3n) is 3.43. The molecule has 2 rings (SSSR count). The molecule has 0 radical (unpaired) electrons. The number of phenols is 1. The summed E-state index contributed by atoms with van der Waals surface area (Å²) in [6, 6.07) is 4.37. The van der Waals surface area contributed by atoms with Gasteiger partial charge in [0.2, 0.25) is 0 Å². The minimum absolute atomic E-state index is 0.0542. The first-order chi connectivity index (χ1) is 8.56. The maximum Gasteiger partial charge on any atom is 0.255 e. The molecule has 5 heteroatoms. The molecule has 3 N–H and O–H groups in total. The summed E-state index contributed by atoms with van der Waals surface area (Å²) >= 11 is 5.79. The molecular formula is C13H16ClNO3. The zero-order chi connectivity index (χ0) is 13.2. The van der Waals surface area contributed by atoms with Gasteiger partial charge in [0.05, 0.1) is 5.56 Å². The Bertz CT molecular complexity index is 458. The van der Waals surface area contributed by atoms with E-state index >= 15 is 0 Å². The third-order valence-corrected chi connectivity index (χ3v) is 3.66. The predicted octanol–water partition coefficient (Wildman–Crippen LogP) is 1.94. The highest BCUT2D eigenvalue weighted by atomic mass is 35.5. The molecule has 0 heterocycles. The lowest BCUT2D eigenvalue weighted by Gasteiger charge is -2.15. The molecule has 1 aliphatic rings. The van der Waals surface area contributed by atoms with Gasteiger partial charge in [0.1, 0.15) is 5.75 Å². The van der Waals surface area contributed by atoms with Gasteiger partial charge in [-0.25, -0.2) is 0 Å². The Balaban J connectivity index is 1.98. The molecule has 1 amide bonds. The van der Waals surface area contributed by atoms with E-state index in [1.165, 1.54) is 18.2 Å². The van der Waals surface area contributed by atoms with Crippen molar-refractivity contribution in [2.24, 2.45) is 5.41 Å². The molecule has 0 spiro atoms. The zero-order valence-corrected chi connectivity index (χ0v) is 10.7. The molecule has 98 valence electrons. The van der Waals surface area contributed by atoms with Crippen molar-refractivity contribution in [3.63, 3.8) is 0 Å². The van der Waals surface area contributed by atoms with Gasteiger partial charge in [-0.1, -0.05) is 11.6 Å². The summed E-state index contributed by atoms with van der Waals surface area (Å²) in [5, 5.41) is 21.7. The van der Waals surface area contributed by atoms with Crippen LogP contribution in [-0.2, 0) is 0 Å². The first-order valence-corrected chi connectivity index (χ1v) is 6.32. The highest BCUT2D eigenvalue weighted by Gasteiger charge is 2.41. The number of rotatable bonds is 5. The van der Waals surface area contributed by atoms with E-state index in [1.54, 1.807) is 0 Å². The molecule has 1 aromatic carbocycles. The molecule has 1 aromatic rings. The Labute approximate surface area is 111 Å². The van der Waals surface area contributed by atoms with Crippen LogP contribution >= 0.6 is 11.6 Å². The Morgan fingerprint density at radius 3 is 2.78 bits per heavy atom. The van der Waals surface area contributed by atoms with Crippen molar-refractivity contribution >= 4 is 17.5 Å². The van der Waals surface area contributed by atoms with E-state index in [2.05, 4.69) is 5.32 Å². The van der Waals surface area contributed by atoms with Gasteiger partial charge in [-0.3, -0.25) is 4.79 Å². The standard InChI is InChI=1S/C13H16ClNO3/c14-9-1-2-11(17)10(7-9)12(18)15-8-13(3-4-13)5-6-16/h1-2,7,16-17H,3-6,8H2,(H,15,18). The van der Waals surface area contributed by atoms with Crippen molar-refractivity contribution < 1.29 is 15.0 Å². The fraction of sp³-hybridized carbons (Fsp3) is 0.462. The highest BCUT2D eigenvalue weighted by Crippen LogP contribution is 2.47. The summed E-state index contributed by atoms with van der Waals surface area (Å²) in [5.74, 6) is -0.414. The number of aliphatic hydroxyl groups is 1. The topological polar surface area (TPSA) is 69.6 Å². The quantitative estimate of drug-likeness (QED) is 0.765. The molecule has 18 heavy (non-hydrogen) atoms. The van der Waals surface area contributed by atoms with Gasteiger partial charge in [-0.05, 0) is 42.9 Å². The van der Waals surface area contributed by atoms with E-state index in [9.17, 15) is 9.90 Å². The van der Waals surface area contributed by atoms with Gasteiger partial charge in [0.15, 0.2) is 0 Å². The van der Waals surface area contributed by atoms with Crippen molar-refractivity contribution in [3.05, 3.63) is 28.8 Å². The lowest BCUT2D eigenvalue weighted by Crippen LogP contribution is -2.30. The van der Waals surface area contributed by atoms with Crippen LogP contribution in [0.4, 0.5) is 0 Å². The van der Waals surface area contributed by atoms with Crippen molar-refractivity contribution in [1.82, 2.24) is 5.32 Å². The number of hydrogen-bond acceptors (Lipinski definition) is 3. The monoisotopic (exact) mass is 269 g/mol. The Kier molecular flexibility index (Phi) is 3.78. The average molecular weight is 270 g/mol. The molecule has 0 atom stereocenters. The van der Waals surface area contributed by atoms with Gasteiger partial charge in [0, 0.05) is 18.2 Å². The number of nitrogens with one attached hydrogen (secondary N) is 1. The second-order valence-corrected chi connectivity index (χ2v) is 5.25. The number of carbonyl (C=O) groups is 1. The fourth-order valence-corrected chi connectivity index (χ4v) is 2.15. The molecular weight excluding hydrogens is 254 g/mol. The van der Waals surface area contributed by atoms with E-state index in [0.717, 1.165) is 12.8 Å². The lowest BCUT2D eigenvalue weighted by molar-refractivity contribution is 0.0938. The first-order valence-electron chi connectivity index (χ1n) is 5.94. The van der Waals surface area contributed by atoms with Gasteiger partial charge in [0.25, 0.3) is 5.91 Å². The molecule has 0 unspecified atom stereocenters. The van der Waals surface area contributed by atoms with Crippen LogP contribution in [0.3, 0.4) is 0 Å². The van der Waals surface area contributed by atoms with Crippen molar-refractivity contribution in [3.8, 4) is 5.75 Å². The van der Waals surface area contributed by atoms with Crippen LogP contribution in [0.2, 0.25) is 5.02 Å². The number of aromatic hydroxyl groups is 1. The SMILES string of the molecule is O=C(NCC1(CCO)CC1)c1cc(Cl)ccc1O. The number of hydrogen-bond donors (Lipinski definition) is 3. The number of amides is 1. The van der Waals surface area contributed by atoms with Crippen molar-refractivity contribution in [2.75, 3.05) is 13.2 Å². The molecule has 0 aliphatic heterocycles. The smallest absolute Gasteiger partial charge is 0.255 e. The molecule has 0 aromatic heterocycles. The largest absolute Gasteiger partial charge is 0.507 e. The molecule has 1 saturated carbocycles. The number of phenolic OH excluding ortho intramolecular Hbond substituents is 1.